The number of benzene rings is 4. The Kier molecular flexibility index (Phi) is 5.08. The molecule has 0 spiro atoms. The minimum absolute atomic E-state index is 0.223. The third-order valence-corrected chi connectivity index (χ3v) is 4.54. The summed E-state index contributed by atoms with van der Waals surface area (Å²) in [7, 11) is 0. The van der Waals surface area contributed by atoms with E-state index in [0.29, 0.717) is 6.61 Å². The van der Waals surface area contributed by atoms with Crippen molar-refractivity contribution >= 4 is 10.8 Å². The lowest BCUT2D eigenvalue weighted by Gasteiger charge is -2.05. The van der Waals surface area contributed by atoms with Crippen LogP contribution in [0.2, 0.25) is 0 Å². The summed E-state index contributed by atoms with van der Waals surface area (Å²) in [4.78, 5) is 0. The van der Waals surface area contributed by atoms with Gasteiger partial charge in [-0.05, 0) is 77.4 Å². The topological polar surface area (TPSA) is 9.23 Å². The molecule has 4 aromatic carbocycles. The van der Waals surface area contributed by atoms with E-state index in [1.165, 1.54) is 12.1 Å². The number of ether oxygens (including phenoxy) is 1. The van der Waals surface area contributed by atoms with Gasteiger partial charge in [-0.2, -0.15) is 0 Å². The van der Waals surface area contributed by atoms with E-state index in [-0.39, 0.29) is 5.82 Å². The Labute approximate surface area is 164 Å². The maximum Gasteiger partial charge on any atom is 0.123 e. The predicted octanol–water partition coefficient (Wildman–Crippen LogP) is 6.44. The van der Waals surface area contributed by atoms with Crippen LogP contribution in [0, 0.1) is 17.7 Å². The van der Waals surface area contributed by atoms with Gasteiger partial charge in [0.25, 0.3) is 0 Å². The first kappa shape index (κ1) is 17.8. The van der Waals surface area contributed by atoms with E-state index in [2.05, 4.69) is 36.1 Å². The first-order valence-electron chi connectivity index (χ1n) is 9.26. The second-order valence-corrected chi connectivity index (χ2v) is 6.49. The zero-order valence-corrected chi connectivity index (χ0v) is 15.6. The molecule has 0 bridgehead atoms. The smallest absolute Gasteiger partial charge is 0.123 e. The van der Waals surface area contributed by atoms with Crippen molar-refractivity contribution in [3.8, 4) is 28.7 Å². The molecule has 0 atom stereocenters. The fraction of sp³-hybridized carbons (Fsp3) is 0.0769. The summed E-state index contributed by atoms with van der Waals surface area (Å²) in [5, 5.41) is 1.87. The van der Waals surface area contributed by atoms with Gasteiger partial charge in [-0.25, -0.2) is 4.39 Å². The minimum Gasteiger partial charge on any atom is -0.494 e. The van der Waals surface area contributed by atoms with Gasteiger partial charge in [0, 0.05) is 11.1 Å². The molecule has 136 valence electrons. The van der Waals surface area contributed by atoms with Gasteiger partial charge in [0.05, 0.1) is 6.61 Å². The molecule has 0 heterocycles. The first-order chi connectivity index (χ1) is 13.7. The summed E-state index contributed by atoms with van der Waals surface area (Å²) in [6.45, 7) is 2.65. The Morgan fingerprint density at radius 1 is 0.679 bits per heavy atom. The second-order valence-electron chi connectivity index (χ2n) is 6.49. The van der Waals surface area contributed by atoms with Crippen LogP contribution in [-0.4, -0.2) is 6.61 Å². The Bertz CT molecular complexity index is 1160. The SMILES string of the molecule is CCOc1ccc(-c2ccc(C#Cc3ccc4cc(F)ccc4c3)cc2)cc1. The zero-order valence-electron chi connectivity index (χ0n) is 15.6. The fourth-order valence-electron chi connectivity index (χ4n) is 3.09. The van der Waals surface area contributed by atoms with E-state index in [1.54, 1.807) is 6.07 Å². The maximum absolute atomic E-state index is 13.3. The molecule has 0 saturated heterocycles. The number of hydrogen-bond donors (Lipinski definition) is 0. The van der Waals surface area contributed by atoms with Crippen molar-refractivity contribution in [1.29, 1.82) is 0 Å². The summed E-state index contributed by atoms with van der Waals surface area (Å²) in [6, 6.07) is 26.9. The normalized spacial score (nSPS) is 10.4. The Morgan fingerprint density at radius 3 is 1.96 bits per heavy atom. The number of rotatable bonds is 3. The van der Waals surface area contributed by atoms with Gasteiger partial charge < -0.3 is 4.74 Å². The molecule has 0 aliphatic carbocycles. The average molecular weight is 366 g/mol. The van der Waals surface area contributed by atoms with E-state index < -0.39 is 0 Å². The summed E-state index contributed by atoms with van der Waals surface area (Å²) in [6.07, 6.45) is 0. The van der Waals surface area contributed by atoms with Gasteiger partial charge in [0.1, 0.15) is 11.6 Å². The predicted molar refractivity (Wildman–Crippen MR) is 113 cm³/mol. The van der Waals surface area contributed by atoms with Crippen molar-refractivity contribution in [3.05, 3.63) is 102 Å². The quantitative estimate of drug-likeness (QED) is 0.379. The summed E-state index contributed by atoms with van der Waals surface area (Å²) in [5.74, 6) is 7.04. The molecule has 0 fully saturated rings. The van der Waals surface area contributed by atoms with Crippen LogP contribution in [0.5, 0.6) is 5.75 Å². The maximum atomic E-state index is 13.3. The number of halogens is 1. The lowest BCUT2D eigenvalue weighted by molar-refractivity contribution is 0.340. The fourth-order valence-corrected chi connectivity index (χ4v) is 3.09. The third-order valence-electron chi connectivity index (χ3n) is 4.54. The highest BCUT2D eigenvalue weighted by molar-refractivity contribution is 5.84. The summed E-state index contributed by atoms with van der Waals surface area (Å²) < 4.78 is 18.8. The van der Waals surface area contributed by atoms with Crippen LogP contribution in [-0.2, 0) is 0 Å². The Hall–Kier alpha value is -3.57. The lowest BCUT2D eigenvalue weighted by Crippen LogP contribution is -1.90. The van der Waals surface area contributed by atoms with Gasteiger partial charge >= 0.3 is 0 Å². The highest BCUT2D eigenvalue weighted by atomic mass is 19.1. The molecular formula is C26H19FO. The Balaban J connectivity index is 1.53. The van der Waals surface area contributed by atoms with Crippen molar-refractivity contribution in [2.24, 2.45) is 0 Å². The van der Waals surface area contributed by atoms with Crippen LogP contribution in [0.4, 0.5) is 4.39 Å². The van der Waals surface area contributed by atoms with Gasteiger partial charge in [0.2, 0.25) is 0 Å². The lowest BCUT2D eigenvalue weighted by atomic mass is 10.0. The van der Waals surface area contributed by atoms with Crippen LogP contribution in [0.1, 0.15) is 18.1 Å². The molecule has 4 aromatic rings. The highest BCUT2D eigenvalue weighted by Gasteiger charge is 1.99. The van der Waals surface area contributed by atoms with E-state index in [9.17, 15) is 4.39 Å². The largest absolute Gasteiger partial charge is 0.494 e. The number of hydrogen-bond acceptors (Lipinski definition) is 1. The molecule has 0 aliphatic rings. The van der Waals surface area contributed by atoms with Gasteiger partial charge in [0.15, 0.2) is 0 Å². The first-order valence-corrected chi connectivity index (χ1v) is 9.26. The number of fused-ring (bicyclic) bond motifs is 1. The van der Waals surface area contributed by atoms with Crippen LogP contribution < -0.4 is 4.74 Å². The van der Waals surface area contributed by atoms with Crippen molar-refractivity contribution in [2.75, 3.05) is 6.61 Å². The molecule has 0 radical (unpaired) electrons. The second kappa shape index (κ2) is 7.98. The van der Waals surface area contributed by atoms with Crippen LogP contribution in [0.3, 0.4) is 0 Å². The van der Waals surface area contributed by atoms with Crippen molar-refractivity contribution < 1.29 is 9.13 Å². The molecule has 28 heavy (non-hydrogen) atoms. The van der Waals surface area contributed by atoms with E-state index in [1.807, 2.05) is 49.4 Å². The monoisotopic (exact) mass is 366 g/mol. The molecule has 0 aromatic heterocycles. The molecule has 0 saturated carbocycles. The summed E-state index contributed by atoms with van der Waals surface area (Å²) in [5.41, 5.74) is 4.15. The van der Waals surface area contributed by atoms with Gasteiger partial charge in [-0.15, -0.1) is 0 Å². The van der Waals surface area contributed by atoms with Gasteiger partial charge in [-0.3, -0.25) is 0 Å². The molecule has 0 N–H and O–H groups in total. The molecule has 2 heteroatoms. The molecule has 0 unspecified atom stereocenters. The van der Waals surface area contributed by atoms with Crippen molar-refractivity contribution in [2.45, 2.75) is 6.92 Å². The minimum atomic E-state index is -0.223. The highest BCUT2D eigenvalue weighted by Crippen LogP contribution is 2.23. The van der Waals surface area contributed by atoms with Crippen molar-refractivity contribution in [3.63, 3.8) is 0 Å². The zero-order chi connectivity index (χ0) is 19.3. The van der Waals surface area contributed by atoms with E-state index >= 15 is 0 Å². The molecule has 4 rings (SSSR count). The molecule has 0 aliphatic heterocycles. The van der Waals surface area contributed by atoms with E-state index in [4.69, 9.17) is 4.74 Å². The molecular weight excluding hydrogens is 347 g/mol. The van der Waals surface area contributed by atoms with E-state index in [0.717, 1.165) is 38.8 Å². The molecule has 0 amide bonds. The van der Waals surface area contributed by atoms with Crippen LogP contribution >= 0.6 is 0 Å². The van der Waals surface area contributed by atoms with Crippen molar-refractivity contribution in [1.82, 2.24) is 0 Å². The van der Waals surface area contributed by atoms with Crippen LogP contribution in [0.25, 0.3) is 21.9 Å². The standard InChI is InChI=1S/C26H19FO/c1-2-28-26-15-12-22(13-16-26)21-8-5-19(6-9-21)3-4-20-7-10-24-18-25(27)14-11-23(24)17-20/h5-18H,2H2,1H3. The average Bonchev–Trinajstić information content (AvgIpc) is 2.73. The Morgan fingerprint density at radius 2 is 1.25 bits per heavy atom. The third kappa shape index (κ3) is 4.05. The molecule has 1 nitrogen and oxygen atoms in total. The van der Waals surface area contributed by atoms with Crippen LogP contribution in [0.15, 0.2) is 84.9 Å². The van der Waals surface area contributed by atoms with Gasteiger partial charge in [-0.1, -0.05) is 48.2 Å². The summed E-state index contributed by atoms with van der Waals surface area (Å²) >= 11 is 0.